The zero-order valence-electron chi connectivity index (χ0n) is 10.2. The third kappa shape index (κ3) is 3.21. The van der Waals surface area contributed by atoms with Gasteiger partial charge in [-0.1, -0.05) is 41.4 Å². The minimum atomic E-state index is -0.654. The van der Waals surface area contributed by atoms with Crippen LogP contribution in [0.25, 0.3) is 0 Å². The van der Waals surface area contributed by atoms with Gasteiger partial charge in [0.25, 0.3) is 0 Å². The summed E-state index contributed by atoms with van der Waals surface area (Å²) in [6.07, 6.45) is 0. The molecule has 0 bridgehead atoms. The number of hydrogen-bond donors (Lipinski definition) is 1. The Hall–Kier alpha value is -1.78. The number of nitrogen functional groups attached to an aromatic ring is 1. The molecule has 6 heteroatoms. The molecule has 104 valence electrons. The van der Waals surface area contributed by atoms with E-state index in [9.17, 15) is 9.18 Å². The van der Waals surface area contributed by atoms with Crippen LogP contribution in [0.1, 0.15) is 15.9 Å². The molecule has 20 heavy (non-hydrogen) atoms. The molecule has 0 aliphatic rings. The van der Waals surface area contributed by atoms with Crippen LogP contribution in [0.2, 0.25) is 10.0 Å². The molecule has 0 aliphatic heterocycles. The molecule has 0 spiro atoms. The Balaban J connectivity index is 2.11. The largest absolute Gasteiger partial charge is 0.457 e. The standard InChI is InChI=1S/C14H10Cl2FNO2/c15-10-5-9(6-12(18)13(10)16)14(19)20-7-8-3-1-2-4-11(8)17/h1-6H,7,18H2. The van der Waals surface area contributed by atoms with Crippen molar-refractivity contribution in [2.45, 2.75) is 6.61 Å². The van der Waals surface area contributed by atoms with Gasteiger partial charge >= 0.3 is 5.97 Å². The van der Waals surface area contributed by atoms with E-state index >= 15 is 0 Å². The maximum Gasteiger partial charge on any atom is 0.338 e. The average Bonchev–Trinajstić information content (AvgIpc) is 2.43. The number of hydrogen-bond acceptors (Lipinski definition) is 3. The normalized spacial score (nSPS) is 10.3. The highest BCUT2D eigenvalue weighted by atomic mass is 35.5. The molecule has 0 aliphatic carbocycles. The van der Waals surface area contributed by atoms with Crippen molar-refractivity contribution in [1.82, 2.24) is 0 Å². The van der Waals surface area contributed by atoms with Crippen LogP contribution in [0.15, 0.2) is 36.4 Å². The molecule has 0 radical (unpaired) electrons. The quantitative estimate of drug-likeness (QED) is 0.686. The van der Waals surface area contributed by atoms with Gasteiger partial charge < -0.3 is 10.5 Å². The third-order valence-corrected chi connectivity index (χ3v) is 3.43. The summed E-state index contributed by atoms with van der Waals surface area (Å²) in [7, 11) is 0. The zero-order valence-corrected chi connectivity index (χ0v) is 11.7. The topological polar surface area (TPSA) is 52.3 Å². The summed E-state index contributed by atoms with van der Waals surface area (Å²) < 4.78 is 18.4. The van der Waals surface area contributed by atoms with Crippen LogP contribution < -0.4 is 5.73 Å². The number of nitrogens with two attached hydrogens (primary N) is 1. The van der Waals surface area contributed by atoms with Crippen molar-refractivity contribution >= 4 is 34.9 Å². The molecule has 2 aromatic carbocycles. The maximum atomic E-state index is 13.4. The first-order chi connectivity index (χ1) is 9.49. The van der Waals surface area contributed by atoms with Gasteiger partial charge in [-0.05, 0) is 18.2 Å². The first-order valence-electron chi connectivity index (χ1n) is 5.64. The van der Waals surface area contributed by atoms with E-state index in [0.717, 1.165) is 0 Å². The average molecular weight is 314 g/mol. The van der Waals surface area contributed by atoms with E-state index in [4.69, 9.17) is 33.7 Å². The van der Waals surface area contributed by atoms with Crippen LogP contribution in [-0.4, -0.2) is 5.97 Å². The zero-order chi connectivity index (χ0) is 14.7. The van der Waals surface area contributed by atoms with Gasteiger partial charge in [0.2, 0.25) is 0 Å². The molecule has 0 atom stereocenters. The lowest BCUT2D eigenvalue weighted by atomic mass is 10.2. The van der Waals surface area contributed by atoms with E-state index in [-0.39, 0.29) is 33.5 Å². The first-order valence-corrected chi connectivity index (χ1v) is 6.39. The van der Waals surface area contributed by atoms with Gasteiger partial charge in [-0.2, -0.15) is 0 Å². The molecular formula is C14H10Cl2FNO2. The van der Waals surface area contributed by atoms with Gasteiger partial charge in [0, 0.05) is 5.56 Å². The van der Waals surface area contributed by atoms with E-state index in [1.807, 2.05) is 0 Å². The number of anilines is 1. The second-order valence-electron chi connectivity index (χ2n) is 4.03. The molecule has 2 rings (SSSR count). The second-order valence-corrected chi connectivity index (χ2v) is 4.81. The summed E-state index contributed by atoms with van der Waals surface area (Å²) >= 11 is 11.6. The molecule has 0 saturated carbocycles. The number of benzene rings is 2. The molecular weight excluding hydrogens is 304 g/mol. The van der Waals surface area contributed by atoms with Gasteiger partial charge in [0.15, 0.2) is 0 Å². The lowest BCUT2D eigenvalue weighted by Crippen LogP contribution is -2.07. The number of ether oxygens (including phenoxy) is 1. The number of carbonyl (C=O) groups is 1. The van der Waals surface area contributed by atoms with Crippen molar-refractivity contribution in [3.63, 3.8) is 0 Å². The van der Waals surface area contributed by atoms with Crippen molar-refractivity contribution in [2.75, 3.05) is 5.73 Å². The van der Waals surface area contributed by atoms with Crippen LogP contribution in [0.3, 0.4) is 0 Å². The van der Waals surface area contributed by atoms with Gasteiger partial charge in [-0.25, -0.2) is 9.18 Å². The monoisotopic (exact) mass is 313 g/mol. The molecule has 3 nitrogen and oxygen atoms in total. The van der Waals surface area contributed by atoms with E-state index in [2.05, 4.69) is 0 Å². The number of halogens is 3. The summed E-state index contributed by atoms with van der Waals surface area (Å²) in [6, 6.07) is 8.75. The molecule has 2 aromatic rings. The smallest absolute Gasteiger partial charge is 0.338 e. The van der Waals surface area contributed by atoms with Gasteiger partial charge in [0.1, 0.15) is 12.4 Å². The highest BCUT2D eigenvalue weighted by Gasteiger charge is 2.13. The lowest BCUT2D eigenvalue weighted by Gasteiger charge is -2.08. The van der Waals surface area contributed by atoms with Crippen LogP contribution in [0.4, 0.5) is 10.1 Å². The highest BCUT2D eigenvalue weighted by molar-refractivity contribution is 6.43. The Kier molecular flexibility index (Phi) is 4.47. The first kappa shape index (κ1) is 14.6. The Morgan fingerprint density at radius 1 is 1.25 bits per heavy atom. The summed E-state index contributed by atoms with van der Waals surface area (Å²) in [6.45, 7) is -0.175. The summed E-state index contributed by atoms with van der Waals surface area (Å²) in [5.41, 5.74) is 6.23. The minimum Gasteiger partial charge on any atom is -0.457 e. The maximum absolute atomic E-state index is 13.4. The lowest BCUT2D eigenvalue weighted by molar-refractivity contribution is 0.0469. The van der Waals surface area contributed by atoms with E-state index < -0.39 is 11.8 Å². The van der Waals surface area contributed by atoms with Crippen molar-refractivity contribution in [2.24, 2.45) is 0 Å². The van der Waals surface area contributed by atoms with Crippen LogP contribution in [-0.2, 0) is 11.3 Å². The molecule has 0 amide bonds. The van der Waals surface area contributed by atoms with Crippen LogP contribution in [0.5, 0.6) is 0 Å². The molecule has 0 unspecified atom stereocenters. The van der Waals surface area contributed by atoms with Gasteiger partial charge in [0.05, 0.1) is 21.3 Å². The Morgan fingerprint density at radius 2 is 1.95 bits per heavy atom. The molecule has 2 N–H and O–H groups in total. The Bertz CT molecular complexity index is 638. The van der Waals surface area contributed by atoms with Crippen LogP contribution in [0, 0.1) is 5.82 Å². The molecule has 0 heterocycles. The molecule has 0 saturated heterocycles. The fourth-order valence-corrected chi connectivity index (χ4v) is 1.91. The predicted octanol–water partition coefficient (Wildman–Crippen LogP) is 4.07. The van der Waals surface area contributed by atoms with Crippen molar-refractivity contribution in [3.05, 3.63) is 63.4 Å². The van der Waals surface area contributed by atoms with Crippen LogP contribution >= 0.6 is 23.2 Å². The number of rotatable bonds is 3. The number of esters is 1. The van der Waals surface area contributed by atoms with E-state index in [0.29, 0.717) is 0 Å². The predicted molar refractivity (Wildman–Crippen MR) is 76.4 cm³/mol. The highest BCUT2D eigenvalue weighted by Crippen LogP contribution is 2.29. The molecule has 0 aromatic heterocycles. The SMILES string of the molecule is Nc1cc(C(=O)OCc2ccccc2F)cc(Cl)c1Cl. The van der Waals surface area contributed by atoms with E-state index in [1.165, 1.54) is 24.3 Å². The Labute approximate surface area is 125 Å². The second kappa shape index (κ2) is 6.11. The van der Waals surface area contributed by atoms with Crippen molar-refractivity contribution in [3.8, 4) is 0 Å². The minimum absolute atomic E-state index is 0.157. The summed E-state index contributed by atoms with van der Waals surface area (Å²) in [5.74, 6) is -1.09. The third-order valence-electron chi connectivity index (χ3n) is 2.61. The van der Waals surface area contributed by atoms with Crippen molar-refractivity contribution < 1.29 is 13.9 Å². The fourth-order valence-electron chi connectivity index (χ4n) is 1.57. The summed E-state index contributed by atoms with van der Waals surface area (Å²) in [5, 5.41) is 0.335. The Morgan fingerprint density at radius 3 is 2.60 bits per heavy atom. The number of carbonyl (C=O) groups excluding carboxylic acids is 1. The van der Waals surface area contributed by atoms with Gasteiger partial charge in [-0.15, -0.1) is 0 Å². The summed E-state index contributed by atoms with van der Waals surface area (Å²) in [4.78, 5) is 11.8. The molecule has 0 fully saturated rings. The fraction of sp³-hybridized carbons (Fsp3) is 0.0714. The van der Waals surface area contributed by atoms with E-state index in [1.54, 1.807) is 12.1 Å². The van der Waals surface area contributed by atoms with Gasteiger partial charge in [-0.3, -0.25) is 0 Å². The van der Waals surface area contributed by atoms with Crippen molar-refractivity contribution in [1.29, 1.82) is 0 Å².